The highest BCUT2D eigenvalue weighted by atomic mass is 32.1. The fourth-order valence-corrected chi connectivity index (χ4v) is 3.02. The molecule has 1 aromatic rings. The van der Waals surface area contributed by atoms with Crippen molar-refractivity contribution in [3.05, 3.63) is 10.6 Å². The molecule has 0 saturated carbocycles. The third-order valence-electron chi connectivity index (χ3n) is 2.67. The minimum Gasteiger partial charge on any atom is -0.365 e. The van der Waals surface area contributed by atoms with Crippen LogP contribution in [-0.2, 0) is 12.8 Å². The van der Waals surface area contributed by atoms with Crippen molar-refractivity contribution in [3.63, 3.8) is 0 Å². The third-order valence-corrected chi connectivity index (χ3v) is 3.78. The fraction of sp³-hybridized carbons (Fsp3) is 0.700. The van der Waals surface area contributed by atoms with E-state index in [1.165, 1.54) is 23.4 Å². The lowest BCUT2D eigenvalue weighted by molar-refractivity contribution is 0.316. The molecule has 0 fully saturated rings. The standard InChI is InChI=1S/C10H16N2S/c1-10(2)5-4-7-8(6-10)13-9(11-3)12-7/h4-6H2,1-3H3,(H,11,12). The lowest BCUT2D eigenvalue weighted by Crippen LogP contribution is -2.20. The quantitative estimate of drug-likeness (QED) is 0.747. The zero-order chi connectivity index (χ0) is 9.47. The maximum absolute atomic E-state index is 4.54. The second kappa shape index (κ2) is 2.98. The summed E-state index contributed by atoms with van der Waals surface area (Å²) in [5.74, 6) is 0. The first-order chi connectivity index (χ1) is 6.11. The Morgan fingerprint density at radius 1 is 1.46 bits per heavy atom. The number of anilines is 1. The second-order valence-corrected chi connectivity index (χ2v) is 5.56. The number of nitrogens with zero attached hydrogens (tertiary/aromatic N) is 1. The third kappa shape index (κ3) is 1.70. The van der Waals surface area contributed by atoms with Crippen LogP contribution in [0.1, 0.15) is 30.8 Å². The SMILES string of the molecule is CNc1nc2c(s1)CC(C)(C)CC2. The number of nitrogens with one attached hydrogen (secondary N) is 1. The molecule has 1 N–H and O–H groups in total. The number of fused-ring (bicyclic) bond motifs is 1. The molecule has 3 heteroatoms. The van der Waals surface area contributed by atoms with Crippen LogP contribution in [0.25, 0.3) is 0 Å². The van der Waals surface area contributed by atoms with Crippen LogP contribution in [0.15, 0.2) is 0 Å². The summed E-state index contributed by atoms with van der Waals surface area (Å²) in [6.07, 6.45) is 3.62. The van der Waals surface area contributed by atoms with E-state index in [1.807, 2.05) is 18.4 Å². The first-order valence-corrected chi connectivity index (χ1v) is 5.59. The van der Waals surface area contributed by atoms with Gasteiger partial charge in [0.05, 0.1) is 5.69 Å². The van der Waals surface area contributed by atoms with Crippen LogP contribution >= 0.6 is 11.3 Å². The molecule has 0 radical (unpaired) electrons. The Labute approximate surface area is 83.4 Å². The van der Waals surface area contributed by atoms with Gasteiger partial charge in [-0.3, -0.25) is 0 Å². The van der Waals surface area contributed by atoms with E-state index in [1.54, 1.807) is 0 Å². The molecule has 0 amide bonds. The van der Waals surface area contributed by atoms with Gasteiger partial charge in [0.1, 0.15) is 0 Å². The van der Waals surface area contributed by atoms with Crippen molar-refractivity contribution in [2.45, 2.75) is 33.1 Å². The summed E-state index contributed by atoms with van der Waals surface area (Å²) in [6, 6.07) is 0. The van der Waals surface area contributed by atoms with E-state index in [-0.39, 0.29) is 0 Å². The number of rotatable bonds is 1. The number of hydrogen-bond acceptors (Lipinski definition) is 3. The second-order valence-electron chi connectivity index (χ2n) is 4.48. The summed E-state index contributed by atoms with van der Waals surface area (Å²) in [4.78, 5) is 6.03. The molecule has 2 rings (SSSR count). The van der Waals surface area contributed by atoms with Crippen molar-refractivity contribution in [2.75, 3.05) is 12.4 Å². The minimum atomic E-state index is 0.477. The highest BCUT2D eigenvalue weighted by Gasteiger charge is 2.27. The van der Waals surface area contributed by atoms with Gasteiger partial charge in [-0.2, -0.15) is 0 Å². The molecule has 0 saturated heterocycles. The van der Waals surface area contributed by atoms with Crippen LogP contribution in [0.5, 0.6) is 0 Å². The first-order valence-electron chi connectivity index (χ1n) is 4.77. The van der Waals surface area contributed by atoms with Crippen molar-refractivity contribution in [2.24, 2.45) is 5.41 Å². The van der Waals surface area contributed by atoms with Crippen molar-refractivity contribution >= 4 is 16.5 Å². The van der Waals surface area contributed by atoms with Crippen molar-refractivity contribution in [3.8, 4) is 0 Å². The van der Waals surface area contributed by atoms with Gasteiger partial charge >= 0.3 is 0 Å². The van der Waals surface area contributed by atoms with Gasteiger partial charge in [-0.1, -0.05) is 13.8 Å². The number of hydrogen-bond donors (Lipinski definition) is 1. The average Bonchev–Trinajstić information content (AvgIpc) is 2.44. The molecule has 0 unspecified atom stereocenters. The fourth-order valence-electron chi connectivity index (χ4n) is 1.80. The summed E-state index contributed by atoms with van der Waals surface area (Å²) >= 11 is 1.82. The predicted octanol–water partition coefficient (Wildman–Crippen LogP) is 2.70. The summed E-state index contributed by atoms with van der Waals surface area (Å²) in [5.41, 5.74) is 1.80. The summed E-state index contributed by atoms with van der Waals surface area (Å²) in [5, 5.41) is 4.19. The molecular weight excluding hydrogens is 180 g/mol. The van der Waals surface area contributed by atoms with Crippen LogP contribution in [-0.4, -0.2) is 12.0 Å². The van der Waals surface area contributed by atoms with E-state index in [0.717, 1.165) is 11.6 Å². The van der Waals surface area contributed by atoms with Gasteiger partial charge in [0, 0.05) is 11.9 Å². The minimum absolute atomic E-state index is 0.477. The van der Waals surface area contributed by atoms with Gasteiger partial charge < -0.3 is 5.32 Å². The topological polar surface area (TPSA) is 24.9 Å². The van der Waals surface area contributed by atoms with Crippen LogP contribution in [0.4, 0.5) is 5.13 Å². The lowest BCUT2D eigenvalue weighted by atomic mass is 9.79. The Morgan fingerprint density at radius 3 is 2.92 bits per heavy atom. The molecule has 1 aliphatic rings. The maximum Gasteiger partial charge on any atom is 0.182 e. The van der Waals surface area contributed by atoms with E-state index >= 15 is 0 Å². The van der Waals surface area contributed by atoms with E-state index in [2.05, 4.69) is 24.1 Å². The van der Waals surface area contributed by atoms with E-state index in [4.69, 9.17) is 0 Å². The Balaban J connectivity index is 2.30. The molecule has 0 aliphatic heterocycles. The molecule has 72 valence electrons. The van der Waals surface area contributed by atoms with E-state index in [0.29, 0.717) is 5.41 Å². The molecule has 0 spiro atoms. The molecule has 13 heavy (non-hydrogen) atoms. The molecule has 1 aromatic heterocycles. The van der Waals surface area contributed by atoms with Gasteiger partial charge in [-0.25, -0.2) is 4.98 Å². The molecular formula is C10H16N2S. The molecule has 2 nitrogen and oxygen atoms in total. The average molecular weight is 196 g/mol. The van der Waals surface area contributed by atoms with Crippen LogP contribution in [0, 0.1) is 5.41 Å². The highest BCUT2D eigenvalue weighted by Crippen LogP contribution is 2.38. The summed E-state index contributed by atoms with van der Waals surface area (Å²) in [7, 11) is 1.94. The van der Waals surface area contributed by atoms with Crippen LogP contribution in [0.2, 0.25) is 0 Å². The number of thiazole rings is 1. The Morgan fingerprint density at radius 2 is 2.23 bits per heavy atom. The lowest BCUT2D eigenvalue weighted by Gasteiger charge is -2.28. The number of aryl methyl sites for hydroxylation is 1. The smallest absolute Gasteiger partial charge is 0.182 e. The van der Waals surface area contributed by atoms with E-state index < -0.39 is 0 Å². The van der Waals surface area contributed by atoms with Crippen molar-refractivity contribution in [1.82, 2.24) is 4.98 Å². The zero-order valence-corrected chi connectivity index (χ0v) is 9.29. The molecule has 1 aliphatic carbocycles. The van der Waals surface area contributed by atoms with Gasteiger partial charge in [0.25, 0.3) is 0 Å². The zero-order valence-electron chi connectivity index (χ0n) is 8.48. The summed E-state index contributed by atoms with van der Waals surface area (Å²) in [6.45, 7) is 4.68. The van der Waals surface area contributed by atoms with E-state index in [9.17, 15) is 0 Å². The molecule has 0 atom stereocenters. The van der Waals surface area contributed by atoms with Gasteiger partial charge in [-0.05, 0) is 24.7 Å². The van der Waals surface area contributed by atoms with Crippen molar-refractivity contribution < 1.29 is 0 Å². The Hall–Kier alpha value is -0.570. The monoisotopic (exact) mass is 196 g/mol. The van der Waals surface area contributed by atoms with Crippen LogP contribution in [0.3, 0.4) is 0 Å². The maximum atomic E-state index is 4.54. The van der Waals surface area contributed by atoms with Gasteiger partial charge in [0.2, 0.25) is 0 Å². The molecule has 0 bridgehead atoms. The summed E-state index contributed by atoms with van der Waals surface area (Å²) < 4.78 is 0. The Kier molecular flexibility index (Phi) is 2.06. The largest absolute Gasteiger partial charge is 0.365 e. The van der Waals surface area contributed by atoms with Gasteiger partial charge in [0.15, 0.2) is 5.13 Å². The molecule has 0 aromatic carbocycles. The van der Waals surface area contributed by atoms with Gasteiger partial charge in [-0.15, -0.1) is 11.3 Å². The first kappa shape index (κ1) is 9.00. The number of aromatic nitrogens is 1. The predicted molar refractivity (Wildman–Crippen MR) is 57.5 cm³/mol. The highest BCUT2D eigenvalue weighted by molar-refractivity contribution is 7.15. The normalized spacial score (nSPS) is 19.6. The van der Waals surface area contributed by atoms with Crippen molar-refractivity contribution in [1.29, 1.82) is 0 Å². The molecule has 1 heterocycles. The van der Waals surface area contributed by atoms with Crippen LogP contribution < -0.4 is 5.32 Å². The Bertz CT molecular complexity index is 315.